The Morgan fingerprint density at radius 2 is 1.21 bits per heavy atom. The molecule has 4 heterocycles. The fourth-order valence-corrected chi connectivity index (χ4v) is 8.15. The second-order valence-electron chi connectivity index (χ2n) is 16.3. The largest absolute Gasteiger partial charge is 0.371 e. The van der Waals surface area contributed by atoms with E-state index in [1.54, 1.807) is 4.90 Å². The van der Waals surface area contributed by atoms with Crippen LogP contribution in [0.1, 0.15) is 120 Å². The third-order valence-electron chi connectivity index (χ3n) is 10.8. The molecule has 3 atom stereocenters. The highest BCUT2D eigenvalue weighted by molar-refractivity contribution is 6.02. The lowest BCUT2D eigenvalue weighted by molar-refractivity contribution is -0.0535. The van der Waals surface area contributed by atoms with Crippen molar-refractivity contribution in [1.82, 2.24) is 30.1 Å². The van der Waals surface area contributed by atoms with Crippen molar-refractivity contribution in [1.29, 1.82) is 0 Å². The molecule has 0 bridgehead atoms. The molecule has 0 aliphatic carbocycles. The molecule has 2 aliphatic heterocycles. The fraction of sp³-hybridized carbons (Fsp3) is 0.391. The monoisotopic (exact) mass is 766 g/mol. The Hall–Kier alpha value is -5.68. The molecule has 2 saturated heterocycles. The van der Waals surface area contributed by atoms with Gasteiger partial charge in [-0.2, -0.15) is 9.97 Å². The molecule has 4 aromatic carbocycles. The van der Waals surface area contributed by atoms with Crippen molar-refractivity contribution < 1.29 is 23.4 Å². The van der Waals surface area contributed by atoms with Gasteiger partial charge >= 0.3 is 0 Å². The van der Waals surface area contributed by atoms with Gasteiger partial charge in [0.2, 0.25) is 11.8 Å². The first-order chi connectivity index (χ1) is 27.7. The Kier molecular flexibility index (Phi) is 11.3. The lowest BCUT2D eigenvalue weighted by Crippen LogP contribution is -2.34. The molecule has 0 N–H and O–H groups in total. The minimum absolute atomic E-state index is 0.0767. The Labute approximate surface area is 333 Å². The van der Waals surface area contributed by atoms with Crippen LogP contribution < -0.4 is 0 Å². The Balaban J connectivity index is 0.938. The molecule has 6 aromatic rings. The molecule has 2 fully saturated rings. The number of fused-ring (bicyclic) bond motifs is 1. The van der Waals surface area contributed by atoms with Gasteiger partial charge in [-0.3, -0.25) is 9.59 Å². The number of ether oxygens (including phenoxy) is 1. The van der Waals surface area contributed by atoms with E-state index in [-0.39, 0.29) is 29.6 Å². The number of amides is 2. The van der Waals surface area contributed by atoms with E-state index in [9.17, 15) is 9.59 Å². The maximum atomic E-state index is 14.3. The van der Waals surface area contributed by atoms with Crippen LogP contribution in [0.2, 0.25) is 0 Å². The Bertz CT molecular complexity index is 2300. The minimum atomic E-state index is -0.409. The first kappa shape index (κ1) is 38.2. The average Bonchev–Trinajstić information content (AvgIpc) is 4.05. The second kappa shape index (κ2) is 16.8. The summed E-state index contributed by atoms with van der Waals surface area (Å²) in [6.45, 7) is 7.09. The number of aromatic nitrogens is 4. The third kappa shape index (κ3) is 9.15. The lowest BCUT2D eigenvalue weighted by Gasteiger charge is -2.25. The summed E-state index contributed by atoms with van der Waals surface area (Å²) in [5.74, 6) is 2.03. The van der Waals surface area contributed by atoms with E-state index in [1.807, 2.05) is 98.5 Å². The summed E-state index contributed by atoms with van der Waals surface area (Å²) in [6.07, 6.45) is 7.08. The van der Waals surface area contributed by atoms with Crippen LogP contribution in [0.5, 0.6) is 0 Å². The van der Waals surface area contributed by atoms with E-state index in [4.69, 9.17) is 23.8 Å². The van der Waals surface area contributed by atoms with Gasteiger partial charge in [0.25, 0.3) is 11.8 Å². The normalized spacial score (nSPS) is 18.5. The van der Waals surface area contributed by atoms with E-state index in [1.165, 1.54) is 11.1 Å². The van der Waals surface area contributed by atoms with Crippen LogP contribution in [0.15, 0.2) is 106 Å². The molecule has 294 valence electrons. The van der Waals surface area contributed by atoms with Gasteiger partial charge < -0.3 is 23.6 Å². The zero-order valence-corrected chi connectivity index (χ0v) is 33.0. The van der Waals surface area contributed by atoms with Gasteiger partial charge in [0.1, 0.15) is 12.1 Å². The van der Waals surface area contributed by atoms with Crippen LogP contribution >= 0.6 is 0 Å². The molecule has 0 unspecified atom stereocenters. The fourth-order valence-electron chi connectivity index (χ4n) is 8.15. The van der Waals surface area contributed by atoms with Crippen LogP contribution in [0.25, 0.3) is 10.8 Å². The van der Waals surface area contributed by atoms with Crippen LogP contribution in [0, 0.1) is 0 Å². The highest BCUT2D eigenvalue weighted by atomic mass is 16.5. The van der Waals surface area contributed by atoms with Crippen LogP contribution in [-0.2, 0) is 30.4 Å². The van der Waals surface area contributed by atoms with Gasteiger partial charge in [0, 0.05) is 43.5 Å². The van der Waals surface area contributed by atoms with Crippen molar-refractivity contribution in [2.24, 2.45) is 0 Å². The number of benzene rings is 4. The molecular formula is C46H50N6O5. The molecule has 2 amide bonds. The number of aryl methyl sites for hydroxylation is 4. The van der Waals surface area contributed by atoms with Crippen LogP contribution in [-0.4, -0.2) is 66.7 Å². The maximum Gasteiger partial charge on any atom is 0.254 e. The third-order valence-corrected chi connectivity index (χ3v) is 10.8. The number of carbonyl (C=O) groups is 2. The van der Waals surface area contributed by atoms with Gasteiger partial charge in [0.15, 0.2) is 11.6 Å². The summed E-state index contributed by atoms with van der Waals surface area (Å²) in [7, 11) is 0. The SMILES string of the molecule is CC(C)(C)O[C@@H]1C[C@@H](c2nc(CCCc3ccccc3)no2)N(C(=O)c2ccc3cc(C(=O)N4CCC[C@H]4c4nc(CCCc5ccccc5)no4)ccc3c2)C1. The maximum absolute atomic E-state index is 14.3. The summed E-state index contributed by atoms with van der Waals surface area (Å²) >= 11 is 0. The van der Waals surface area contributed by atoms with Crippen LogP contribution in [0.4, 0.5) is 0 Å². The van der Waals surface area contributed by atoms with Gasteiger partial charge in [-0.05, 0) is 105 Å². The van der Waals surface area contributed by atoms with Crippen molar-refractivity contribution in [2.75, 3.05) is 13.1 Å². The summed E-state index contributed by atoms with van der Waals surface area (Å²) in [5.41, 5.74) is 3.30. The molecule has 57 heavy (non-hydrogen) atoms. The summed E-state index contributed by atoms with van der Waals surface area (Å²) in [4.78, 5) is 41.3. The minimum Gasteiger partial charge on any atom is -0.371 e. The molecule has 2 aromatic heterocycles. The van der Waals surface area contributed by atoms with Crippen LogP contribution in [0.3, 0.4) is 0 Å². The summed E-state index contributed by atoms with van der Waals surface area (Å²) in [6, 6.07) is 31.3. The molecule has 0 saturated carbocycles. The van der Waals surface area contributed by atoms with E-state index >= 15 is 0 Å². The number of carbonyl (C=O) groups excluding carboxylic acids is 2. The number of nitrogens with zero attached hydrogens (tertiary/aromatic N) is 6. The number of hydrogen-bond donors (Lipinski definition) is 0. The average molecular weight is 767 g/mol. The number of hydrogen-bond acceptors (Lipinski definition) is 9. The number of likely N-dealkylation sites (tertiary alicyclic amines) is 2. The van der Waals surface area contributed by atoms with E-state index in [0.29, 0.717) is 66.9 Å². The Morgan fingerprint density at radius 1 is 0.684 bits per heavy atom. The standard InChI is InChI=1S/C46H50N6O5/c1-46(2,3)55-37-29-39(43-48-41(50-57-43)21-11-18-32-15-8-5-9-16-32)52(30-37)45(54)36-25-23-33-27-35(24-22-34(33)28-36)44(53)51-26-12-19-38(51)42-47-40(49-56-42)20-10-17-31-13-6-4-7-14-31/h4-9,13-16,22-25,27-28,37-39H,10-12,17-21,26,29-30H2,1-3H3/t37-,38+,39+/m1/s1. The molecule has 11 heteroatoms. The van der Waals surface area contributed by atoms with Gasteiger partial charge in [-0.25, -0.2) is 0 Å². The van der Waals surface area contributed by atoms with E-state index < -0.39 is 6.04 Å². The molecule has 8 rings (SSSR count). The lowest BCUT2D eigenvalue weighted by atomic mass is 10.0. The highest BCUT2D eigenvalue weighted by Gasteiger charge is 2.42. The van der Waals surface area contributed by atoms with Crippen molar-refractivity contribution in [3.63, 3.8) is 0 Å². The molecule has 11 nitrogen and oxygen atoms in total. The zero-order valence-electron chi connectivity index (χ0n) is 33.0. The molecular weight excluding hydrogens is 717 g/mol. The first-order valence-corrected chi connectivity index (χ1v) is 20.2. The second-order valence-corrected chi connectivity index (χ2v) is 16.3. The van der Waals surface area contributed by atoms with E-state index in [0.717, 1.165) is 49.3 Å². The van der Waals surface area contributed by atoms with Crippen molar-refractivity contribution >= 4 is 22.6 Å². The highest BCUT2D eigenvalue weighted by Crippen LogP contribution is 2.37. The first-order valence-electron chi connectivity index (χ1n) is 20.2. The molecule has 2 aliphatic rings. The van der Waals surface area contributed by atoms with Gasteiger partial charge in [-0.1, -0.05) is 83.1 Å². The number of rotatable bonds is 13. The van der Waals surface area contributed by atoms with Gasteiger partial charge in [-0.15, -0.1) is 0 Å². The predicted molar refractivity (Wildman–Crippen MR) is 216 cm³/mol. The van der Waals surface area contributed by atoms with Crippen molar-refractivity contribution in [2.45, 2.75) is 102 Å². The zero-order chi connectivity index (χ0) is 39.4. The summed E-state index contributed by atoms with van der Waals surface area (Å²) in [5, 5.41) is 10.3. The Morgan fingerprint density at radius 3 is 1.75 bits per heavy atom. The van der Waals surface area contributed by atoms with Crippen molar-refractivity contribution in [3.8, 4) is 0 Å². The predicted octanol–water partition coefficient (Wildman–Crippen LogP) is 8.70. The molecule has 0 radical (unpaired) electrons. The van der Waals surface area contributed by atoms with Crippen molar-refractivity contribution in [3.05, 3.63) is 143 Å². The van der Waals surface area contributed by atoms with Gasteiger partial charge in [0.05, 0.1) is 11.7 Å². The smallest absolute Gasteiger partial charge is 0.254 e. The topological polar surface area (TPSA) is 128 Å². The quantitative estimate of drug-likeness (QED) is 0.113. The summed E-state index contributed by atoms with van der Waals surface area (Å²) < 4.78 is 17.9. The van der Waals surface area contributed by atoms with E-state index in [2.05, 4.69) is 34.6 Å². The molecule has 0 spiro atoms.